The Bertz CT molecular complexity index is 598. The van der Waals surface area contributed by atoms with Crippen LogP contribution in [0.25, 0.3) is 0 Å². The fourth-order valence-corrected chi connectivity index (χ4v) is 1.56. The molecule has 0 saturated heterocycles. The van der Waals surface area contributed by atoms with Crippen molar-refractivity contribution in [3.63, 3.8) is 0 Å². The second kappa shape index (κ2) is 4.80. The molecule has 2 rings (SSSR count). The SMILES string of the molecule is O=C(Nc1ncn[nH]1)c1cccc([N+](=O)[O-])c1Cl. The molecule has 0 aliphatic carbocycles. The number of rotatable bonds is 3. The van der Waals surface area contributed by atoms with Gasteiger partial charge in [-0.1, -0.05) is 17.7 Å². The molecule has 1 amide bonds. The molecule has 92 valence electrons. The Balaban J connectivity index is 2.31. The van der Waals surface area contributed by atoms with Gasteiger partial charge >= 0.3 is 0 Å². The van der Waals surface area contributed by atoms with Gasteiger partial charge < -0.3 is 0 Å². The van der Waals surface area contributed by atoms with Crippen LogP contribution in [-0.4, -0.2) is 26.0 Å². The summed E-state index contributed by atoms with van der Waals surface area (Å²) in [4.78, 5) is 25.5. The number of carbonyl (C=O) groups excluding carboxylic acids is 1. The van der Waals surface area contributed by atoms with Crippen molar-refractivity contribution < 1.29 is 9.72 Å². The average molecular weight is 268 g/mol. The van der Waals surface area contributed by atoms with E-state index in [1.807, 2.05) is 0 Å². The minimum atomic E-state index is -0.659. The van der Waals surface area contributed by atoms with Crippen molar-refractivity contribution in [2.75, 3.05) is 5.32 Å². The molecule has 0 spiro atoms. The Kier molecular flexibility index (Phi) is 3.20. The molecule has 2 aromatic rings. The summed E-state index contributed by atoms with van der Waals surface area (Å²) in [5.41, 5.74) is -0.343. The standard InChI is InChI=1S/C9H6ClN5O3/c10-7-5(2-1-3-6(7)15(17)18)8(16)13-9-11-4-12-14-9/h1-4H,(H2,11,12,13,14,16). The van der Waals surface area contributed by atoms with Crippen molar-refractivity contribution in [2.45, 2.75) is 0 Å². The third-order valence-electron chi connectivity index (χ3n) is 2.07. The highest BCUT2D eigenvalue weighted by molar-refractivity contribution is 6.36. The number of nitrogens with one attached hydrogen (secondary N) is 2. The average Bonchev–Trinajstić information content (AvgIpc) is 2.81. The molecule has 0 fully saturated rings. The van der Waals surface area contributed by atoms with E-state index in [0.717, 1.165) is 0 Å². The summed E-state index contributed by atoms with van der Waals surface area (Å²) in [5, 5.41) is 18.8. The lowest BCUT2D eigenvalue weighted by Crippen LogP contribution is -2.14. The Hall–Kier alpha value is -2.48. The van der Waals surface area contributed by atoms with E-state index in [4.69, 9.17) is 11.6 Å². The smallest absolute Gasteiger partial charge is 0.288 e. The molecule has 0 atom stereocenters. The van der Waals surface area contributed by atoms with E-state index in [1.54, 1.807) is 0 Å². The van der Waals surface area contributed by atoms with Crippen LogP contribution in [0.15, 0.2) is 24.5 Å². The number of hydrogen-bond donors (Lipinski definition) is 2. The number of H-pyrrole nitrogens is 1. The van der Waals surface area contributed by atoms with E-state index in [0.29, 0.717) is 0 Å². The van der Waals surface area contributed by atoms with Gasteiger partial charge in [-0.05, 0) is 6.07 Å². The summed E-state index contributed by atoms with van der Waals surface area (Å²) in [6.07, 6.45) is 1.21. The van der Waals surface area contributed by atoms with Gasteiger partial charge in [0, 0.05) is 6.07 Å². The normalized spacial score (nSPS) is 10.1. The topological polar surface area (TPSA) is 114 Å². The Morgan fingerprint density at radius 1 is 1.50 bits per heavy atom. The van der Waals surface area contributed by atoms with Crippen molar-refractivity contribution in [1.29, 1.82) is 0 Å². The molecule has 0 radical (unpaired) electrons. The van der Waals surface area contributed by atoms with Crippen LogP contribution in [0.1, 0.15) is 10.4 Å². The van der Waals surface area contributed by atoms with E-state index >= 15 is 0 Å². The van der Waals surface area contributed by atoms with E-state index in [1.165, 1.54) is 24.5 Å². The zero-order valence-electron chi connectivity index (χ0n) is 8.75. The van der Waals surface area contributed by atoms with Gasteiger partial charge in [-0.25, -0.2) is 5.10 Å². The third-order valence-corrected chi connectivity index (χ3v) is 2.46. The van der Waals surface area contributed by atoms with E-state index < -0.39 is 10.8 Å². The fourth-order valence-electron chi connectivity index (χ4n) is 1.28. The highest BCUT2D eigenvalue weighted by atomic mass is 35.5. The molecule has 18 heavy (non-hydrogen) atoms. The van der Waals surface area contributed by atoms with Crippen LogP contribution in [0.5, 0.6) is 0 Å². The molecule has 0 aliphatic rings. The number of halogens is 1. The summed E-state index contributed by atoms with van der Waals surface area (Å²) in [6, 6.07) is 3.97. The van der Waals surface area contributed by atoms with Gasteiger partial charge in [-0.15, -0.1) is 0 Å². The van der Waals surface area contributed by atoms with Gasteiger partial charge in [0.1, 0.15) is 11.3 Å². The first-order valence-corrected chi connectivity index (χ1v) is 5.07. The van der Waals surface area contributed by atoms with E-state index in [2.05, 4.69) is 20.5 Å². The van der Waals surface area contributed by atoms with Crippen molar-refractivity contribution in [1.82, 2.24) is 15.2 Å². The van der Waals surface area contributed by atoms with Crippen molar-refractivity contribution in [3.05, 3.63) is 45.2 Å². The predicted octanol–water partition coefficient (Wildman–Crippen LogP) is 1.62. The Labute approximate surface area is 105 Å². The van der Waals surface area contributed by atoms with Crippen molar-refractivity contribution in [3.8, 4) is 0 Å². The Morgan fingerprint density at radius 2 is 2.28 bits per heavy atom. The first kappa shape index (κ1) is 12.0. The maximum absolute atomic E-state index is 11.8. The highest BCUT2D eigenvalue weighted by Gasteiger charge is 2.20. The number of hydrogen-bond acceptors (Lipinski definition) is 5. The number of nitro groups is 1. The second-order valence-electron chi connectivity index (χ2n) is 3.18. The zero-order valence-corrected chi connectivity index (χ0v) is 9.51. The summed E-state index contributed by atoms with van der Waals surface area (Å²) in [5.74, 6) is -0.483. The first-order valence-electron chi connectivity index (χ1n) is 4.69. The van der Waals surface area contributed by atoms with E-state index in [9.17, 15) is 14.9 Å². The van der Waals surface area contributed by atoms with Gasteiger partial charge in [0.2, 0.25) is 5.95 Å². The molecule has 8 nitrogen and oxygen atoms in total. The lowest BCUT2D eigenvalue weighted by molar-refractivity contribution is -0.384. The number of aromatic amines is 1. The van der Waals surface area contributed by atoms with Crippen molar-refractivity contribution >= 4 is 29.1 Å². The maximum Gasteiger partial charge on any atom is 0.288 e. The molecular weight excluding hydrogens is 262 g/mol. The minimum Gasteiger partial charge on any atom is -0.291 e. The van der Waals surface area contributed by atoms with Crippen LogP contribution in [0.4, 0.5) is 11.6 Å². The van der Waals surface area contributed by atoms with Gasteiger partial charge in [-0.3, -0.25) is 20.2 Å². The zero-order chi connectivity index (χ0) is 13.1. The first-order chi connectivity index (χ1) is 8.59. The number of anilines is 1. The van der Waals surface area contributed by atoms with Crippen molar-refractivity contribution in [2.24, 2.45) is 0 Å². The summed E-state index contributed by atoms with van der Waals surface area (Å²) in [7, 11) is 0. The monoisotopic (exact) mass is 267 g/mol. The van der Waals surface area contributed by atoms with Gasteiger partial charge in [0.15, 0.2) is 0 Å². The summed E-state index contributed by atoms with van der Waals surface area (Å²) in [6.45, 7) is 0. The van der Waals surface area contributed by atoms with Gasteiger partial charge in [0.25, 0.3) is 11.6 Å². The largest absolute Gasteiger partial charge is 0.291 e. The maximum atomic E-state index is 11.8. The molecular formula is C9H6ClN5O3. The molecule has 1 aromatic carbocycles. The van der Waals surface area contributed by atoms with Crippen LogP contribution in [0.2, 0.25) is 5.02 Å². The summed E-state index contributed by atoms with van der Waals surface area (Å²) >= 11 is 5.79. The second-order valence-corrected chi connectivity index (χ2v) is 3.56. The quantitative estimate of drug-likeness (QED) is 0.648. The number of benzene rings is 1. The molecule has 1 heterocycles. The van der Waals surface area contributed by atoms with Crippen LogP contribution >= 0.6 is 11.6 Å². The Morgan fingerprint density at radius 3 is 2.89 bits per heavy atom. The molecule has 0 aliphatic heterocycles. The number of carbonyl (C=O) groups is 1. The lowest BCUT2D eigenvalue weighted by Gasteiger charge is -2.03. The number of nitrogens with zero attached hydrogens (tertiary/aromatic N) is 3. The van der Waals surface area contributed by atoms with Crippen LogP contribution in [0.3, 0.4) is 0 Å². The third kappa shape index (κ3) is 2.28. The molecule has 2 N–H and O–H groups in total. The molecule has 0 unspecified atom stereocenters. The molecule has 1 aromatic heterocycles. The minimum absolute atomic E-state index is 0.0118. The fraction of sp³-hybridized carbons (Fsp3) is 0. The van der Waals surface area contributed by atoms with Crippen LogP contribution in [-0.2, 0) is 0 Å². The highest BCUT2D eigenvalue weighted by Crippen LogP contribution is 2.27. The predicted molar refractivity (Wildman–Crippen MR) is 62.4 cm³/mol. The molecule has 0 bridgehead atoms. The number of aromatic nitrogens is 3. The lowest BCUT2D eigenvalue weighted by atomic mass is 10.2. The van der Waals surface area contributed by atoms with Crippen LogP contribution < -0.4 is 5.32 Å². The van der Waals surface area contributed by atoms with Crippen LogP contribution in [0, 0.1) is 10.1 Å². The summed E-state index contributed by atoms with van der Waals surface area (Å²) < 4.78 is 0. The van der Waals surface area contributed by atoms with Gasteiger partial charge in [0.05, 0.1) is 10.5 Å². The molecule has 0 saturated carbocycles. The number of amides is 1. The van der Waals surface area contributed by atoms with Gasteiger partial charge in [-0.2, -0.15) is 10.1 Å². The number of nitro benzene ring substituents is 1. The van der Waals surface area contributed by atoms with E-state index in [-0.39, 0.29) is 22.2 Å². The molecule has 9 heteroatoms.